The summed E-state index contributed by atoms with van der Waals surface area (Å²) in [5, 5.41) is 12.5. The minimum Gasteiger partial charge on any atom is -0.465 e. The Balaban J connectivity index is 1.70. The molecule has 2 aromatic rings. The molecule has 2 aromatic heterocycles. The fourth-order valence-electron chi connectivity index (χ4n) is 2.42. The lowest BCUT2D eigenvalue weighted by Crippen LogP contribution is -2.30. The first-order valence-corrected chi connectivity index (χ1v) is 6.63. The topological polar surface area (TPSA) is 95.4 Å². The van der Waals surface area contributed by atoms with E-state index < -0.39 is 6.09 Å². The van der Waals surface area contributed by atoms with Crippen molar-refractivity contribution in [2.45, 2.75) is 6.42 Å². The molecule has 0 bridgehead atoms. The van der Waals surface area contributed by atoms with Gasteiger partial charge in [-0.05, 0) is 18.6 Å². The van der Waals surface area contributed by atoms with Gasteiger partial charge in [0.1, 0.15) is 5.82 Å². The van der Waals surface area contributed by atoms with E-state index in [1.807, 2.05) is 12.1 Å². The van der Waals surface area contributed by atoms with Crippen LogP contribution in [0.4, 0.5) is 10.6 Å². The second kappa shape index (κ2) is 5.35. The fraction of sp³-hybridized carbons (Fsp3) is 0.286. The van der Waals surface area contributed by atoms with Gasteiger partial charge in [0, 0.05) is 24.7 Å². The highest BCUT2D eigenvalue weighted by Crippen LogP contribution is 2.19. The number of carboxylic acid groups (broad SMARTS) is 1. The first-order valence-electron chi connectivity index (χ1n) is 6.63. The predicted octanol–water partition coefficient (Wildman–Crippen LogP) is 1.57. The minimum atomic E-state index is -0.986. The molecule has 7 heteroatoms. The van der Waals surface area contributed by atoms with E-state index in [1.165, 1.54) is 4.90 Å². The highest BCUT2D eigenvalue weighted by Gasteiger charge is 2.31. The van der Waals surface area contributed by atoms with Crippen LogP contribution < -0.4 is 5.32 Å². The van der Waals surface area contributed by atoms with E-state index in [9.17, 15) is 9.59 Å². The number of hydrogen-bond donors (Lipinski definition) is 2. The molecule has 0 aliphatic carbocycles. The van der Waals surface area contributed by atoms with Crippen LogP contribution in [0.2, 0.25) is 0 Å². The maximum atomic E-state index is 12.1. The van der Waals surface area contributed by atoms with Crippen LogP contribution in [-0.4, -0.2) is 45.1 Å². The molecule has 0 saturated carbocycles. The average molecular weight is 286 g/mol. The largest absolute Gasteiger partial charge is 0.465 e. The van der Waals surface area contributed by atoms with Crippen molar-refractivity contribution in [3.63, 3.8) is 0 Å². The van der Waals surface area contributed by atoms with Crippen molar-refractivity contribution in [1.29, 1.82) is 0 Å². The van der Waals surface area contributed by atoms with Crippen molar-refractivity contribution in [3.05, 3.63) is 30.6 Å². The Bertz CT molecular complexity index is 703. The number of nitrogens with zero attached hydrogens (tertiary/aromatic N) is 3. The second-order valence-corrected chi connectivity index (χ2v) is 4.97. The number of anilines is 1. The summed E-state index contributed by atoms with van der Waals surface area (Å²) in [6.07, 6.45) is 2.83. The zero-order chi connectivity index (χ0) is 14.8. The zero-order valence-electron chi connectivity index (χ0n) is 11.2. The van der Waals surface area contributed by atoms with E-state index in [0.29, 0.717) is 18.8 Å². The molecule has 3 heterocycles. The number of amides is 2. The van der Waals surface area contributed by atoms with Gasteiger partial charge >= 0.3 is 6.09 Å². The lowest BCUT2D eigenvalue weighted by Gasteiger charge is -2.12. The summed E-state index contributed by atoms with van der Waals surface area (Å²) in [5.41, 5.74) is 0.758. The Labute approximate surface area is 120 Å². The molecule has 0 aromatic carbocycles. The molecule has 108 valence electrons. The summed E-state index contributed by atoms with van der Waals surface area (Å²) in [5.74, 6) is -0.0729. The number of likely N-dealkylation sites (tertiary alicyclic amines) is 1. The summed E-state index contributed by atoms with van der Waals surface area (Å²) in [6, 6.07) is 5.46. The van der Waals surface area contributed by atoms with Crippen LogP contribution in [0.3, 0.4) is 0 Å². The van der Waals surface area contributed by atoms with Gasteiger partial charge in [0.05, 0.1) is 17.6 Å². The number of hydrogen-bond acceptors (Lipinski definition) is 4. The van der Waals surface area contributed by atoms with E-state index >= 15 is 0 Å². The van der Waals surface area contributed by atoms with Crippen LogP contribution in [0, 0.1) is 5.92 Å². The van der Waals surface area contributed by atoms with E-state index in [0.717, 1.165) is 10.9 Å². The highest BCUT2D eigenvalue weighted by atomic mass is 16.4. The van der Waals surface area contributed by atoms with Crippen molar-refractivity contribution in [1.82, 2.24) is 14.9 Å². The SMILES string of the molecule is O=C(Nc1cc2cccnc2cn1)C1CCN(C(=O)O)C1. The van der Waals surface area contributed by atoms with Crippen LogP contribution in [0.15, 0.2) is 30.6 Å². The van der Waals surface area contributed by atoms with Crippen LogP contribution in [0.25, 0.3) is 10.9 Å². The number of pyridine rings is 2. The maximum Gasteiger partial charge on any atom is 0.407 e. The number of fused-ring (bicyclic) bond motifs is 1. The average Bonchev–Trinajstić information content (AvgIpc) is 2.97. The van der Waals surface area contributed by atoms with Gasteiger partial charge in [0.25, 0.3) is 0 Å². The van der Waals surface area contributed by atoms with E-state index in [-0.39, 0.29) is 18.4 Å². The number of rotatable bonds is 2. The van der Waals surface area contributed by atoms with Crippen LogP contribution in [0.5, 0.6) is 0 Å². The molecule has 2 amide bonds. The summed E-state index contributed by atoms with van der Waals surface area (Å²) < 4.78 is 0. The Morgan fingerprint density at radius 2 is 2.24 bits per heavy atom. The third-order valence-corrected chi connectivity index (χ3v) is 3.57. The first-order chi connectivity index (χ1) is 10.1. The number of nitrogens with one attached hydrogen (secondary N) is 1. The Kier molecular flexibility index (Phi) is 3.39. The molecule has 1 atom stereocenters. The van der Waals surface area contributed by atoms with Crippen LogP contribution >= 0.6 is 0 Å². The van der Waals surface area contributed by atoms with Crippen molar-refractivity contribution in [2.75, 3.05) is 18.4 Å². The maximum absolute atomic E-state index is 12.1. The number of carbonyl (C=O) groups is 2. The molecule has 7 nitrogen and oxygen atoms in total. The number of carbonyl (C=O) groups excluding carboxylic acids is 1. The Morgan fingerprint density at radius 1 is 1.38 bits per heavy atom. The standard InChI is InChI=1S/C14H14N4O3/c19-13(10-3-5-18(8-10)14(20)21)17-12-6-9-2-1-4-15-11(9)7-16-12/h1-2,4,6-7,10H,3,5,8H2,(H,20,21)(H,16,17,19). The molecule has 0 spiro atoms. The lowest BCUT2D eigenvalue weighted by atomic mass is 10.1. The molecule has 1 saturated heterocycles. The molecule has 3 rings (SSSR count). The fourth-order valence-corrected chi connectivity index (χ4v) is 2.42. The highest BCUT2D eigenvalue weighted by molar-refractivity contribution is 5.94. The Morgan fingerprint density at radius 3 is 3.00 bits per heavy atom. The normalized spacial score (nSPS) is 17.9. The monoisotopic (exact) mass is 286 g/mol. The molecule has 1 unspecified atom stereocenters. The third-order valence-electron chi connectivity index (χ3n) is 3.57. The van der Waals surface area contributed by atoms with Gasteiger partial charge < -0.3 is 15.3 Å². The lowest BCUT2D eigenvalue weighted by molar-refractivity contribution is -0.119. The van der Waals surface area contributed by atoms with Gasteiger partial charge in [-0.1, -0.05) is 6.07 Å². The summed E-state index contributed by atoms with van der Waals surface area (Å²) in [7, 11) is 0. The molecule has 21 heavy (non-hydrogen) atoms. The minimum absolute atomic E-state index is 0.200. The first kappa shape index (κ1) is 13.3. The molecule has 0 radical (unpaired) electrons. The van der Waals surface area contributed by atoms with Crippen molar-refractivity contribution in [3.8, 4) is 0 Å². The summed E-state index contributed by atoms with van der Waals surface area (Å²) in [6.45, 7) is 0.624. The van der Waals surface area contributed by atoms with Gasteiger partial charge in [-0.25, -0.2) is 9.78 Å². The smallest absolute Gasteiger partial charge is 0.407 e. The summed E-state index contributed by atoms with van der Waals surface area (Å²) in [4.78, 5) is 32.5. The van der Waals surface area contributed by atoms with Gasteiger partial charge in [-0.2, -0.15) is 0 Å². The van der Waals surface area contributed by atoms with Gasteiger partial charge in [-0.3, -0.25) is 9.78 Å². The quantitative estimate of drug-likeness (QED) is 0.873. The number of aromatic nitrogens is 2. The molecular formula is C14H14N4O3. The molecule has 2 N–H and O–H groups in total. The van der Waals surface area contributed by atoms with E-state index in [2.05, 4.69) is 15.3 Å². The zero-order valence-corrected chi connectivity index (χ0v) is 11.2. The van der Waals surface area contributed by atoms with Crippen LogP contribution in [-0.2, 0) is 4.79 Å². The van der Waals surface area contributed by atoms with Crippen molar-refractivity contribution in [2.24, 2.45) is 5.92 Å². The third kappa shape index (κ3) is 2.76. The Hall–Kier alpha value is -2.70. The predicted molar refractivity (Wildman–Crippen MR) is 75.9 cm³/mol. The molecule has 1 aliphatic rings. The second-order valence-electron chi connectivity index (χ2n) is 4.97. The van der Waals surface area contributed by atoms with Crippen molar-refractivity contribution < 1.29 is 14.7 Å². The molecular weight excluding hydrogens is 272 g/mol. The van der Waals surface area contributed by atoms with E-state index in [4.69, 9.17) is 5.11 Å². The van der Waals surface area contributed by atoms with Crippen LogP contribution in [0.1, 0.15) is 6.42 Å². The van der Waals surface area contributed by atoms with Gasteiger partial charge in [0.2, 0.25) is 5.91 Å². The molecule has 1 aliphatic heterocycles. The van der Waals surface area contributed by atoms with Crippen molar-refractivity contribution >= 4 is 28.7 Å². The van der Waals surface area contributed by atoms with Gasteiger partial charge in [0.15, 0.2) is 0 Å². The van der Waals surface area contributed by atoms with Gasteiger partial charge in [-0.15, -0.1) is 0 Å². The van der Waals surface area contributed by atoms with E-state index in [1.54, 1.807) is 18.5 Å². The molecule has 1 fully saturated rings. The summed E-state index contributed by atoms with van der Waals surface area (Å²) >= 11 is 0.